The Balaban J connectivity index is 2.11. The zero-order valence-electron chi connectivity index (χ0n) is 13.1. The van der Waals surface area contributed by atoms with Crippen LogP contribution in [0.25, 0.3) is 28.1 Å². The average Bonchev–Trinajstić information content (AvgIpc) is 3.05. The molecule has 2 heterocycles. The number of phenols is 1. The number of nitrogens with zero attached hydrogens (tertiary/aromatic N) is 4. The van der Waals surface area contributed by atoms with Gasteiger partial charge >= 0.3 is 0 Å². The highest BCUT2D eigenvalue weighted by atomic mass is 16.5. The van der Waals surface area contributed by atoms with Gasteiger partial charge in [0.25, 0.3) is 5.56 Å². The lowest BCUT2D eigenvalue weighted by Crippen LogP contribution is -2.20. The Hall–Kier alpha value is -3.35. The summed E-state index contributed by atoms with van der Waals surface area (Å²) >= 11 is 0. The number of fused-ring (bicyclic) bond motifs is 3. The first-order chi connectivity index (χ1) is 11.6. The van der Waals surface area contributed by atoms with Crippen LogP contribution in [0.15, 0.2) is 47.3 Å². The molecular formula is C17H14N4O3. The molecule has 0 spiro atoms. The van der Waals surface area contributed by atoms with Crippen LogP contribution < -0.4 is 10.3 Å². The van der Waals surface area contributed by atoms with Gasteiger partial charge in [-0.3, -0.25) is 13.8 Å². The minimum Gasteiger partial charge on any atom is -0.504 e. The van der Waals surface area contributed by atoms with E-state index in [0.29, 0.717) is 33.8 Å². The van der Waals surface area contributed by atoms with Crippen molar-refractivity contribution < 1.29 is 9.84 Å². The Bertz CT molecular complexity index is 1140. The standard InChI is InChI=1S/C17H14N4O3/c1-20-16(23)11-5-3-4-6-12(11)21-15(18-19-17(20)21)10-7-8-14(24-2)13(22)9-10/h3-9,22H,1-2H3. The second-order valence-electron chi connectivity index (χ2n) is 5.43. The fraction of sp³-hybridized carbons (Fsp3) is 0.118. The van der Waals surface area contributed by atoms with Crippen molar-refractivity contribution in [3.8, 4) is 22.9 Å². The van der Waals surface area contributed by atoms with Crippen LogP contribution >= 0.6 is 0 Å². The molecule has 4 rings (SSSR count). The van der Waals surface area contributed by atoms with Gasteiger partial charge in [-0.25, -0.2) is 0 Å². The van der Waals surface area contributed by atoms with Crippen molar-refractivity contribution >= 4 is 16.7 Å². The number of para-hydroxylation sites is 1. The van der Waals surface area contributed by atoms with Gasteiger partial charge in [0, 0.05) is 12.6 Å². The zero-order chi connectivity index (χ0) is 16.8. The Morgan fingerprint density at radius 2 is 1.92 bits per heavy atom. The summed E-state index contributed by atoms with van der Waals surface area (Å²) in [4.78, 5) is 12.5. The van der Waals surface area contributed by atoms with Crippen molar-refractivity contribution in [2.75, 3.05) is 7.11 Å². The number of aryl methyl sites for hydroxylation is 1. The van der Waals surface area contributed by atoms with E-state index >= 15 is 0 Å². The molecule has 0 bridgehead atoms. The number of hydrogen-bond donors (Lipinski definition) is 1. The number of aromatic hydroxyl groups is 1. The summed E-state index contributed by atoms with van der Waals surface area (Å²) < 4.78 is 8.34. The molecule has 120 valence electrons. The van der Waals surface area contributed by atoms with E-state index in [1.807, 2.05) is 18.2 Å². The molecular weight excluding hydrogens is 308 g/mol. The lowest BCUT2D eigenvalue weighted by Gasteiger charge is -2.09. The lowest BCUT2D eigenvalue weighted by atomic mass is 10.2. The molecule has 0 radical (unpaired) electrons. The first-order valence-corrected chi connectivity index (χ1v) is 7.32. The Kier molecular flexibility index (Phi) is 3.02. The minimum atomic E-state index is -0.130. The number of phenolic OH excluding ortho intramolecular Hbond substituents is 1. The molecule has 0 saturated carbocycles. The highest BCUT2D eigenvalue weighted by molar-refractivity contribution is 5.82. The van der Waals surface area contributed by atoms with Crippen molar-refractivity contribution in [3.05, 3.63) is 52.8 Å². The van der Waals surface area contributed by atoms with E-state index in [-0.39, 0.29) is 11.3 Å². The largest absolute Gasteiger partial charge is 0.504 e. The molecule has 0 aliphatic rings. The van der Waals surface area contributed by atoms with Crippen LogP contribution in [-0.4, -0.2) is 31.4 Å². The summed E-state index contributed by atoms with van der Waals surface area (Å²) in [6, 6.07) is 12.3. The Morgan fingerprint density at radius 3 is 2.67 bits per heavy atom. The molecule has 0 fully saturated rings. The van der Waals surface area contributed by atoms with E-state index in [9.17, 15) is 9.90 Å². The third-order valence-electron chi connectivity index (χ3n) is 4.06. The molecule has 0 saturated heterocycles. The van der Waals surface area contributed by atoms with Crippen LogP contribution in [0.4, 0.5) is 0 Å². The molecule has 24 heavy (non-hydrogen) atoms. The molecule has 1 N–H and O–H groups in total. The summed E-state index contributed by atoms with van der Waals surface area (Å²) in [5.74, 6) is 1.37. The fourth-order valence-corrected chi connectivity index (χ4v) is 2.85. The predicted octanol–water partition coefficient (Wildman–Crippen LogP) is 1.96. The molecule has 7 nitrogen and oxygen atoms in total. The highest BCUT2D eigenvalue weighted by Crippen LogP contribution is 2.31. The SMILES string of the molecule is COc1ccc(-c2nnc3n(C)c(=O)c4ccccc4n23)cc1O. The van der Waals surface area contributed by atoms with Gasteiger partial charge in [-0.15, -0.1) is 10.2 Å². The Labute approximate surface area is 136 Å². The van der Waals surface area contributed by atoms with Crippen LogP contribution in [0, 0.1) is 0 Å². The quantitative estimate of drug-likeness (QED) is 0.610. The van der Waals surface area contributed by atoms with Gasteiger partial charge in [-0.2, -0.15) is 0 Å². The molecule has 0 atom stereocenters. The Morgan fingerprint density at radius 1 is 1.12 bits per heavy atom. The topological polar surface area (TPSA) is 81.7 Å². The number of hydrogen-bond acceptors (Lipinski definition) is 5. The summed E-state index contributed by atoms with van der Waals surface area (Å²) in [5.41, 5.74) is 1.25. The van der Waals surface area contributed by atoms with Crippen LogP contribution in [0.3, 0.4) is 0 Å². The van der Waals surface area contributed by atoms with Crippen molar-refractivity contribution in [3.63, 3.8) is 0 Å². The highest BCUT2D eigenvalue weighted by Gasteiger charge is 2.16. The van der Waals surface area contributed by atoms with Crippen LogP contribution in [-0.2, 0) is 7.05 Å². The number of ether oxygens (including phenoxy) is 1. The van der Waals surface area contributed by atoms with E-state index in [4.69, 9.17) is 4.74 Å². The third-order valence-corrected chi connectivity index (χ3v) is 4.06. The number of rotatable bonds is 2. The van der Waals surface area contributed by atoms with Crippen LogP contribution in [0.2, 0.25) is 0 Å². The lowest BCUT2D eigenvalue weighted by molar-refractivity contribution is 0.373. The van der Waals surface area contributed by atoms with E-state index in [2.05, 4.69) is 10.2 Å². The summed E-state index contributed by atoms with van der Waals surface area (Å²) in [5, 5.41) is 19.0. The first-order valence-electron chi connectivity index (χ1n) is 7.32. The van der Waals surface area contributed by atoms with E-state index in [1.54, 1.807) is 35.7 Å². The van der Waals surface area contributed by atoms with Gasteiger partial charge in [0.1, 0.15) is 0 Å². The van der Waals surface area contributed by atoms with E-state index < -0.39 is 0 Å². The third kappa shape index (κ3) is 1.88. The van der Waals surface area contributed by atoms with Crippen LogP contribution in [0.1, 0.15) is 0 Å². The fourth-order valence-electron chi connectivity index (χ4n) is 2.85. The molecule has 0 aliphatic heterocycles. The van der Waals surface area contributed by atoms with Gasteiger partial charge < -0.3 is 9.84 Å². The minimum absolute atomic E-state index is 0.0147. The average molecular weight is 322 g/mol. The van der Waals surface area contributed by atoms with Crippen molar-refractivity contribution in [2.24, 2.45) is 7.05 Å². The first kappa shape index (κ1) is 14.3. The summed E-state index contributed by atoms with van der Waals surface area (Å²) in [6.07, 6.45) is 0. The van der Waals surface area contributed by atoms with Crippen molar-refractivity contribution in [2.45, 2.75) is 0 Å². The second kappa shape index (κ2) is 5.09. The van der Waals surface area contributed by atoms with E-state index in [0.717, 1.165) is 0 Å². The van der Waals surface area contributed by atoms with Gasteiger partial charge in [0.05, 0.1) is 18.0 Å². The van der Waals surface area contributed by atoms with Crippen molar-refractivity contribution in [1.29, 1.82) is 0 Å². The normalized spacial score (nSPS) is 11.2. The molecule has 2 aromatic carbocycles. The number of benzene rings is 2. The molecule has 4 aromatic rings. The number of methoxy groups -OCH3 is 1. The smallest absolute Gasteiger partial charge is 0.262 e. The maximum Gasteiger partial charge on any atom is 0.262 e. The maximum absolute atomic E-state index is 12.5. The predicted molar refractivity (Wildman–Crippen MR) is 89.4 cm³/mol. The van der Waals surface area contributed by atoms with Gasteiger partial charge in [-0.1, -0.05) is 12.1 Å². The molecule has 0 amide bonds. The summed E-state index contributed by atoms with van der Waals surface area (Å²) in [6.45, 7) is 0. The van der Waals surface area contributed by atoms with E-state index in [1.165, 1.54) is 11.7 Å². The summed E-state index contributed by atoms with van der Waals surface area (Å²) in [7, 11) is 3.15. The number of aromatic nitrogens is 4. The molecule has 7 heteroatoms. The molecule has 2 aromatic heterocycles. The van der Waals surface area contributed by atoms with Gasteiger partial charge in [0.15, 0.2) is 17.3 Å². The molecule has 0 aliphatic carbocycles. The second-order valence-corrected chi connectivity index (χ2v) is 5.43. The van der Waals surface area contributed by atoms with Gasteiger partial charge in [0.2, 0.25) is 5.78 Å². The van der Waals surface area contributed by atoms with Crippen LogP contribution in [0.5, 0.6) is 11.5 Å². The van der Waals surface area contributed by atoms with Crippen molar-refractivity contribution in [1.82, 2.24) is 19.2 Å². The zero-order valence-corrected chi connectivity index (χ0v) is 13.1. The maximum atomic E-state index is 12.5. The monoisotopic (exact) mass is 322 g/mol. The molecule has 0 unspecified atom stereocenters. The van der Waals surface area contributed by atoms with Gasteiger partial charge in [-0.05, 0) is 30.3 Å².